The van der Waals surface area contributed by atoms with Gasteiger partial charge in [0.25, 0.3) is 6.01 Å². The number of ether oxygens (including phenoxy) is 1. The average Bonchev–Trinajstić information content (AvgIpc) is 3.59. The number of oxazole rings is 1. The number of aliphatic hydroxyl groups excluding tert-OH is 1. The topological polar surface area (TPSA) is 161 Å². The van der Waals surface area contributed by atoms with E-state index in [2.05, 4.69) is 15.3 Å². The van der Waals surface area contributed by atoms with Gasteiger partial charge in [-0.2, -0.15) is 9.29 Å². The molecule has 0 spiro atoms. The molecule has 1 amide bonds. The molecule has 0 saturated carbocycles. The molecule has 4 N–H and O–H groups in total. The number of nitrogens with one attached hydrogen (secondary N) is 1. The van der Waals surface area contributed by atoms with Gasteiger partial charge < -0.3 is 25.3 Å². The van der Waals surface area contributed by atoms with E-state index in [1.165, 1.54) is 33.8 Å². The molecule has 40 heavy (non-hydrogen) atoms. The summed E-state index contributed by atoms with van der Waals surface area (Å²) in [5.41, 5.74) is 8.81. The fraction of sp³-hybridized carbons (Fsp3) is 0.370. The maximum atomic E-state index is 13.8. The SMILES string of the molecule is CCC(C)CN(C[C@@H](O)[C@H](Cc1ccccc1)NC(=O)OCc1cncs1)S(=O)(=O)c1ccc2nc(N)oc2c1. The molecule has 0 aliphatic carbocycles. The second kappa shape index (κ2) is 13.2. The lowest BCUT2D eigenvalue weighted by Crippen LogP contribution is -2.51. The number of hydrogen-bond donors (Lipinski definition) is 3. The van der Waals surface area contributed by atoms with Crippen LogP contribution in [0.2, 0.25) is 0 Å². The molecule has 11 nitrogen and oxygen atoms in total. The Bertz CT molecular complexity index is 1490. The van der Waals surface area contributed by atoms with Crippen LogP contribution in [-0.4, -0.2) is 59.1 Å². The lowest BCUT2D eigenvalue weighted by Gasteiger charge is -2.31. The van der Waals surface area contributed by atoms with Crippen LogP contribution in [0.1, 0.15) is 30.7 Å². The van der Waals surface area contributed by atoms with Crippen molar-refractivity contribution in [1.82, 2.24) is 19.6 Å². The van der Waals surface area contributed by atoms with Crippen LogP contribution in [0.3, 0.4) is 0 Å². The van der Waals surface area contributed by atoms with Crippen LogP contribution >= 0.6 is 11.3 Å². The highest BCUT2D eigenvalue weighted by Gasteiger charge is 2.32. The number of nitrogens with zero attached hydrogens (tertiary/aromatic N) is 3. The first-order valence-electron chi connectivity index (χ1n) is 12.8. The van der Waals surface area contributed by atoms with Gasteiger partial charge in [0, 0.05) is 25.4 Å². The fourth-order valence-corrected chi connectivity index (χ4v) is 6.21. The number of hydrogen-bond acceptors (Lipinski definition) is 10. The number of anilines is 1. The normalized spacial score (nSPS) is 14.2. The first kappa shape index (κ1) is 29.5. The molecule has 0 radical (unpaired) electrons. The molecule has 0 bridgehead atoms. The number of aromatic nitrogens is 2. The van der Waals surface area contributed by atoms with Crippen LogP contribution in [0, 0.1) is 5.92 Å². The van der Waals surface area contributed by atoms with Crippen molar-refractivity contribution in [2.24, 2.45) is 5.92 Å². The zero-order chi connectivity index (χ0) is 28.7. The molecule has 0 saturated heterocycles. The van der Waals surface area contributed by atoms with E-state index in [4.69, 9.17) is 14.9 Å². The van der Waals surface area contributed by atoms with Gasteiger partial charge in [0.15, 0.2) is 5.58 Å². The number of amides is 1. The number of aliphatic hydroxyl groups is 1. The molecular weight excluding hydrogens is 554 g/mol. The Morgan fingerprint density at radius 2 is 2.00 bits per heavy atom. The van der Waals surface area contributed by atoms with Crippen molar-refractivity contribution in [3.63, 3.8) is 0 Å². The zero-order valence-electron chi connectivity index (χ0n) is 22.3. The molecule has 4 aromatic rings. The minimum Gasteiger partial charge on any atom is -0.444 e. The van der Waals surface area contributed by atoms with Gasteiger partial charge in [0.05, 0.1) is 27.4 Å². The Morgan fingerprint density at radius 1 is 1.23 bits per heavy atom. The van der Waals surface area contributed by atoms with Crippen molar-refractivity contribution in [1.29, 1.82) is 0 Å². The minimum atomic E-state index is -4.06. The molecular formula is C27H33N5O6S2. The number of rotatable bonds is 13. The number of nitrogen functional groups attached to an aromatic ring is 1. The van der Waals surface area contributed by atoms with Gasteiger partial charge in [-0.3, -0.25) is 4.98 Å². The molecule has 214 valence electrons. The van der Waals surface area contributed by atoms with Gasteiger partial charge in [-0.25, -0.2) is 13.2 Å². The number of fused-ring (bicyclic) bond motifs is 1. The van der Waals surface area contributed by atoms with Gasteiger partial charge in [-0.05, 0) is 30.0 Å². The summed E-state index contributed by atoms with van der Waals surface area (Å²) in [6.07, 6.45) is 0.627. The second-order valence-electron chi connectivity index (χ2n) is 9.57. The minimum absolute atomic E-state index is 0.0107. The van der Waals surface area contributed by atoms with Crippen LogP contribution in [0.4, 0.5) is 10.8 Å². The number of thiazole rings is 1. The summed E-state index contributed by atoms with van der Waals surface area (Å²) < 4.78 is 39.5. The summed E-state index contributed by atoms with van der Waals surface area (Å²) in [6, 6.07) is 12.8. The van der Waals surface area contributed by atoms with Gasteiger partial charge in [-0.15, -0.1) is 11.3 Å². The van der Waals surface area contributed by atoms with E-state index in [1.807, 2.05) is 44.2 Å². The van der Waals surface area contributed by atoms with E-state index in [9.17, 15) is 18.3 Å². The number of nitrogens with two attached hydrogens (primary N) is 1. The van der Waals surface area contributed by atoms with E-state index < -0.39 is 28.3 Å². The second-order valence-corrected chi connectivity index (χ2v) is 12.5. The molecule has 0 aliphatic heterocycles. The lowest BCUT2D eigenvalue weighted by atomic mass is 10.0. The summed E-state index contributed by atoms with van der Waals surface area (Å²) in [5.74, 6) is 0.0107. The van der Waals surface area contributed by atoms with Crippen LogP contribution in [0.15, 0.2) is 69.6 Å². The van der Waals surface area contributed by atoms with Crippen molar-refractivity contribution in [3.8, 4) is 0 Å². The number of benzene rings is 2. The predicted molar refractivity (Wildman–Crippen MR) is 152 cm³/mol. The standard InChI is InChI=1S/C27H33N5O6S2/c1-3-18(2)14-32(40(35,36)21-9-10-22-25(12-21)38-26(28)30-22)15-24(33)23(11-19-7-5-4-6-8-19)31-27(34)37-16-20-13-29-17-39-20/h4-10,12-13,17-18,23-24,33H,3,11,14-16H2,1-2H3,(H2,28,30)(H,31,34)/t18?,23-,24+/m0/s1. The Morgan fingerprint density at radius 3 is 2.70 bits per heavy atom. The molecule has 0 fully saturated rings. The highest BCUT2D eigenvalue weighted by Crippen LogP contribution is 2.25. The van der Waals surface area contributed by atoms with Crippen LogP contribution in [-0.2, 0) is 27.8 Å². The van der Waals surface area contributed by atoms with Gasteiger partial charge >= 0.3 is 6.09 Å². The maximum absolute atomic E-state index is 13.8. The molecule has 0 aliphatic rings. The molecule has 1 unspecified atom stereocenters. The summed E-state index contributed by atoms with van der Waals surface area (Å²) in [5, 5.41) is 14.1. The largest absolute Gasteiger partial charge is 0.444 e. The van der Waals surface area contributed by atoms with Crippen LogP contribution in [0.25, 0.3) is 11.1 Å². The summed E-state index contributed by atoms with van der Waals surface area (Å²) in [6.45, 7) is 3.85. The number of alkyl carbamates (subject to hydrolysis) is 1. The van der Waals surface area contributed by atoms with Gasteiger partial charge in [-0.1, -0.05) is 50.6 Å². The first-order chi connectivity index (χ1) is 19.2. The highest BCUT2D eigenvalue weighted by molar-refractivity contribution is 7.89. The highest BCUT2D eigenvalue weighted by atomic mass is 32.2. The smallest absolute Gasteiger partial charge is 0.407 e. The van der Waals surface area contributed by atoms with Crippen molar-refractivity contribution >= 4 is 44.6 Å². The summed E-state index contributed by atoms with van der Waals surface area (Å²) in [4.78, 5) is 21.4. The van der Waals surface area contributed by atoms with E-state index in [0.29, 0.717) is 5.52 Å². The number of sulfonamides is 1. The molecule has 2 aromatic heterocycles. The Balaban J connectivity index is 1.57. The molecule has 13 heteroatoms. The quantitative estimate of drug-likeness (QED) is 0.211. The Labute approximate surface area is 237 Å². The predicted octanol–water partition coefficient (Wildman–Crippen LogP) is 3.80. The Hall–Kier alpha value is -3.52. The van der Waals surface area contributed by atoms with E-state index in [-0.39, 0.29) is 48.5 Å². The number of carbonyl (C=O) groups excluding carboxylic acids is 1. The van der Waals surface area contributed by atoms with E-state index in [1.54, 1.807) is 11.7 Å². The molecule has 2 aromatic carbocycles. The number of carbonyl (C=O) groups is 1. The van der Waals surface area contributed by atoms with Crippen molar-refractivity contribution in [3.05, 3.63) is 70.7 Å². The van der Waals surface area contributed by atoms with E-state index >= 15 is 0 Å². The average molecular weight is 588 g/mol. The van der Waals surface area contributed by atoms with Crippen molar-refractivity contribution < 1.29 is 27.5 Å². The third kappa shape index (κ3) is 7.56. The zero-order valence-corrected chi connectivity index (χ0v) is 23.9. The third-order valence-corrected chi connectivity index (χ3v) is 9.09. The molecule has 4 rings (SSSR count). The van der Waals surface area contributed by atoms with Crippen LogP contribution in [0.5, 0.6) is 0 Å². The lowest BCUT2D eigenvalue weighted by molar-refractivity contribution is 0.0871. The molecule has 2 heterocycles. The van der Waals surface area contributed by atoms with Crippen LogP contribution < -0.4 is 11.1 Å². The fourth-order valence-electron chi connectivity index (χ4n) is 4.11. The maximum Gasteiger partial charge on any atom is 0.407 e. The Kier molecular flexibility index (Phi) is 9.74. The molecule has 3 atom stereocenters. The van der Waals surface area contributed by atoms with Gasteiger partial charge in [0.1, 0.15) is 12.1 Å². The third-order valence-electron chi connectivity index (χ3n) is 6.51. The van der Waals surface area contributed by atoms with Gasteiger partial charge in [0.2, 0.25) is 10.0 Å². The summed E-state index contributed by atoms with van der Waals surface area (Å²) >= 11 is 1.36. The summed E-state index contributed by atoms with van der Waals surface area (Å²) in [7, 11) is -4.06. The van der Waals surface area contributed by atoms with E-state index in [0.717, 1.165) is 16.9 Å². The van der Waals surface area contributed by atoms with Crippen molar-refractivity contribution in [2.75, 3.05) is 18.8 Å². The monoisotopic (exact) mass is 587 g/mol. The first-order valence-corrected chi connectivity index (χ1v) is 15.2. The van der Waals surface area contributed by atoms with Crippen molar-refractivity contribution in [2.45, 2.75) is 50.3 Å².